The van der Waals surface area contributed by atoms with Crippen molar-refractivity contribution in [2.24, 2.45) is 10.6 Å². The maximum Gasteiger partial charge on any atom is 0.238 e. The summed E-state index contributed by atoms with van der Waals surface area (Å²) < 4.78 is 23.5. The predicted molar refractivity (Wildman–Crippen MR) is 80.8 cm³/mol. The van der Waals surface area contributed by atoms with Gasteiger partial charge in [-0.25, -0.2) is 13.6 Å². The zero-order chi connectivity index (χ0) is 16.0. The number of phenolic OH excluding ortho intramolecular Hbond substituents is 1. The zero-order valence-corrected chi connectivity index (χ0v) is 12.9. The van der Waals surface area contributed by atoms with Gasteiger partial charge in [0.05, 0.1) is 10.5 Å². The number of aromatic hydroxyl groups is 1. The lowest BCUT2D eigenvalue weighted by atomic mass is 9.85. The van der Waals surface area contributed by atoms with Crippen molar-refractivity contribution in [1.82, 2.24) is 0 Å². The van der Waals surface area contributed by atoms with Crippen molar-refractivity contribution in [3.8, 4) is 5.75 Å². The summed E-state index contributed by atoms with van der Waals surface area (Å²) >= 11 is 0. The Hall–Kier alpha value is -1.92. The maximum absolute atomic E-state index is 12.4. The molecular weight excluding hydrogens is 290 g/mol. The highest BCUT2D eigenvalue weighted by Crippen LogP contribution is 2.36. The van der Waals surface area contributed by atoms with Crippen LogP contribution in [0.5, 0.6) is 5.75 Å². The van der Waals surface area contributed by atoms with Crippen LogP contribution in [-0.2, 0) is 10.0 Å². The van der Waals surface area contributed by atoms with Crippen LogP contribution in [0.3, 0.4) is 0 Å². The Morgan fingerprint density at radius 2 is 1.67 bits per heavy atom. The molecule has 0 aromatic heterocycles. The topological polar surface area (TPSA) is 97.5 Å². The van der Waals surface area contributed by atoms with Gasteiger partial charge >= 0.3 is 0 Å². The summed E-state index contributed by atoms with van der Waals surface area (Å²) in [6.07, 6.45) is 0. The first-order chi connectivity index (χ1) is 9.53. The third-order valence-electron chi connectivity index (χ3n) is 3.21. The normalized spacial score (nSPS) is 12.6. The molecule has 2 aromatic rings. The third-order valence-corrected chi connectivity index (χ3v) is 4.16. The van der Waals surface area contributed by atoms with Gasteiger partial charge in [-0.3, -0.25) is 4.79 Å². The number of sulfonamides is 1. The van der Waals surface area contributed by atoms with E-state index in [0.717, 1.165) is 6.07 Å². The SMILES string of the molecule is CC(C)(C)C(=O)c1cc(S(N)(=O)=O)c2ccccc2c1O. The molecule has 112 valence electrons. The van der Waals surface area contributed by atoms with E-state index in [-0.39, 0.29) is 27.4 Å². The standard InChI is InChI=1S/C15H17NO4S/c1-15(2,3)14(18)11-8-12(21(16,19)20)9-6-4-5-7-10(9)13(11)17/h4-8,17H,1-3H3,(H2,16,19,20). The first-order valence-electron chi connectivity index (χ1n) is 6.36. The number of benzene rings is 2. The molecule has 0 saturated carbocycles. The average molecular weight is 307 g/mol. The molecule has 0 fully saturated rings. The second-order valence-electron chi connectivity index (χ2n) is 5.94. The molecule has 0 bridgehead atoms. The van der Waals surface area contributed by atoms with E-state index in [1.807, 2.05) is 0 Å². The van der Waals surface area contributed by atoms with Crippen LogP contribution in [0.15, 0.2) is 35.2 Å². The van der Waals surface area contributed by atoms with Crippen molar-refractivity contribution in [3.05, 3.63) is 35.9 Å². The minimum absolute atomic E-state index is 0.0368. The van der Waals surface area contributed by atoms with Crippen LogP contribution in [-0.4, -0.2) is 19.3 Å². The van der Waals surface area contributed by atoms with Gasteiger partial charge in [0.25, 0.3) is 0 Å². The predicted octanol–water partition coefficient (Wildman–Crippen LogP) is 2.42. The monoisotopic (exact) mass is 307 g/mol. The van der Waals surface area contributed by atoms with Crippen molar-refractivity contribution in [2.75, 3.05) is 0 Å². The Kier molecular flexibility index (Phi) is 3.55. The number of nitrogens with two attached hydrogens (primary N) is 1. The Morgan fingerprint density at radius 1 is 1.14 bits per heavy atom. The second kappa shape index (κ2) is 4.82. The summed E-state index contributed by atoms with van der Waals surface area (Å²) in [4.78, 5) is 12.3. The number of primary sulfonamides is 1. The summed E-state index contributed by atoms with van der Waals surface area (Å²) in [6, 6.07) is 7.54. The van der Waals surface area contributed by atoms with Gasteiger partial charge in [-0.05, 0) is 6.07 Å². The fraction of sp³-hybridized carbons (Fsp3) is 0.267. The quantitative estimate of drug-likeness (QED) is 0.832. The van der Waals surface area contributed by atoms with E-state index in [1.54, 1.807) is 45.0 Å². The first kappa shape index (κ1) is 15.5. The molecule has 3 N–H and O–H groups in total. The van der Waals surface area contributed by atoms with E-state index in [9.17, 15) is 18.3 Å². The smallest absolute Gasteiger partial charge is 0.238 e. The first-order valence-corrected chi connectivity index (χ1v) is 7.90. The van der Waals surface area contributed by atoms with Crippen molar-refractivity contribution in [1.29, 1.82) is 0 Å². The minimum atomic E-state index is -4.01. The van der Waals surface area contributed by atoms with E-state index < -0.39 is 15.4 Å². The lowest BCUT2D eigenvalue weighted by Gasteiger charge is -2.19. The molecule has 2 aromatic carbocycles. The lowest BCUT2D eigenvalue weighted by molar-refractivity contribution is 0.0855. The Morgan fingerprint density at radius 3 is 2.14 bits per heavy atom. The van der Waals surface area contributed by atoms with Gasteiger partial charge in [0.2, 0.25) is 10.0 Å². The van der Waals surface area contributed by atoms with Crippen LogP contribution in [0.25, 0.3) is 10.8 Å². The number of Topliss-reactive ketones (excluding diaryl/α,β-unsaturated/α-hetero) is 1. The molecule has 21 heavy (non-hydrogen) atoms. The molecule has 2 rings (SSSR count). The number of hydrogen-bond donors (Lipinski definition) is 2. The molecule has 5 nitrogen and oxygen atoms in total. The van der Waals surface area contributed by atoms with Crippen molar-refractivity contribution >= 4 is 26.6 Å². The summed E-state index contributed by atoms with van der Waals surface area (Å²) in [6.45, 7) is 5.09. The molecule has 0 unspecified atom stereocenters. The van der Waals surface area contributed by atoms with Crippen molar-refractivity contribution < 1.29 is 18.3 Å². The highest BCUT2D eigenvalue weighted by Gasteiger charge is 2.28. The van der Waals surface area contributed by atoms with Gasteiger partial charge in [0, 0.05) is 16.2 Å². The highest BCUT2D eigenvalue weighted by atomic mass is 32.2. The van der Waals surface area contributed by atoms with Crippen molar-refractivity contribution in [3.63, 3.8) is 0 Å². The fourth-order valence-corrected chi connectivity index (χ4v) is 2.91. The molecule has 0 atom stereocenters. The number of hydrogen-bond acceptors (Lipinski definition) is 4. The Bertz CT molecular complexity index is 833. The van der Waals surface area contributed by atoms with Crippen LogP contribution in [0.4, 0.5) is 0 Å². The Labute approximate surface area is 123 Å². The van der Waals surface area contributed by atoms with Crippen LogP contribution in [0.1, 0.15) is 31.1 Å². The van der Waals surface area contributed by atoms with Gasteiger partial charge in [0.15, 0.2) is 5.78 Å². The number of carbonyl (C=O) groups is 1. The minimum Gasteiger partial charge on any atom is -0.507 e. The molecule has 0 aliphatic heterocycles. The Balaban J connectivity index is 2.93. The molecule has 0 aliphatic rings. The van der Waals surface area contributed by atoms with E-state index in [0.29, 0.717) is 5.39 Å². The second-order valence-corrected chi connectivity index (χ2v) is 7.47. The van der Waals surface area contributed by atoms with Crippen molar-refractivity contribution in [2.45, 2.75) is 25.7 Å². The van der Waals surface area contributed by atoms with E-state index in [1.165, 1.54) is 0 Å². The number of rotatable bonds is 2. The molecule has 0 aliphatic carbocycles. The van der Waals surface area contributed by atoms with E-state index >= 15 is 0 Å². The summed E-state index contributed by atoms with van der Waals surface area (Å²) in [5.74, 6) is -0.575. The molecular formula is C15H17NO4S. The summed E-state index contributed by atoms with van der Waals surface area (Å²) in [5.41, 5.74) is -0.791. The van der Waals surface area contributed by atoms with Gasteiger partial charge in [0.1, 0.15) is 5.75 Å². The van der Waals surface area contributed by atoms with Gasteiger partial charge < -0.3 is 5.11 Å². The van der Waals surface area contributed by atoms with Gasteiger partial charge in [-0.1, -0.05) is 45.0 Å². The largest absolute Gasteiger partial charge is 0.507 e. The van der Waals surface area contributed by atoms with Crippen LogP contribution >= 0.6 is 0 Å². The zero-order valence-electron chi connectivity index (χ0n) is 12.0. The number of phenols is 1. The molecule has 0 saturated heterocycles. The van der Waals surface area contributed by atoms with Crippen LogP contribution in [0.2, 0.25) is 0 Å². The summed E-state index contributed by atoms with van der Waals surface area (Å²) in [7, 11) is -4.01. The molecule has 6 heteroatoms. The van der Waals surface area contributed by atoms with Crippen LogP contribution < -0.4 is 5.14 Å². The lowest BCUT2D eigenvalue weighted by Crippen LogP contribution is -2.21. The number of ketones is 1. The fourth-order valence-electron chi connectivity index (χ4n) is 2.14. The number of fused-ring (bicyclic) bond motifs is 1. The van der Waals surface area contributed by atoms with E-state index in [4.69, 9.17) is 5.14 Å². The molecule has 0 radical (unpaired) electrons. The van der Waals surface area contributed by atoms with Gasteiger partial charge in [-0.15, -0.1) is 0 Å². The number of carbonyl (C=O) groups excluding carboxylic acids is 1. The maximum atomic E-state index is 12.4. The highest BCUT2D eigenvalue weighted by molar-refractivity contribution is 7.89. The molecule has 0 spiro atoms. The summed E-state index contributed by atoms with van der Waals surface area (Å²) in [5, 5.41) is 16.1. The molecule has 0 amide bonds. The molecule has 0 heterocycles. The van der Waals surface area contributed by atoms with Crippen LogP contribution in [0, 0.1) is 5.41 Å². The average Bonchev–Trinajstić information content (AvgIpc) is 2.36. The van der Waals surface area contributed by atoms with E-state index in [2.05, 4.69) is 0 Å². The van der Waals surface area contributed by atoms with Gasteiger partial charge in [-0.2, -0.15) is 0 Å². The third kappa shape index (κ3) is 2.77.